The fraction of sp³-hybridized carbons (Fsp3) is 0.190. The Morgan fingerprint density at radius 3 is 1.84 bits per heavy atom. The monoisotopic (exact) mass is 587 g/mol. The second-order valence-electron chi connectivity index (χ2n) is 12.4. The van der Waals surface area contributed by atoms with Crippen LogP contribution in [0.4, 0.5) is 17.1 Å². The Morgan fingerprint density at radius 1 is 0.432 bits per heavy atom. The van der Waals surface area contributed by atoms with Crippen molar-refractivity contribution in [3.63, 3.8) is 0 Å². The van der Waals surface area contributed by atoms with Gasteiger partial charge in [0.1, 0.15) is 0 Å². The van der Waals surface area contributed by atoms with Gasteiger partial charge in [0, 0.05) is 42.6 Å². The lowest BCUT2D eigenvalue weighted by molar-refractivity contribution is 0.366. The first-order chi connectivity index (χ1) is 21.8. The summed E-state index contributed by atoms with van der Waals surface area (Å²) in [5.41, 5.74) is 6.55. The van der Waals surface area contributed by atoms with Crippen LogP contribution in [0.3, 0.4) is 0 Å². The third-order valence-corrected chi connectivity index (χ3v) is 11.0. The third-order valence-electron chi connectivity index (χ3n) is 9.82. The average Bonchev–Trinajstić information content (AvgIpc) is 3.44. The molecule has 1 aliphatic rings. The van der Waals surface area contributed by atoms with Gasteiger partial charge in [0.25, 0.3) is 0 Å². The first kappa shape index (κ1) is 27.2. The molecule has 7 aromatic rings. The maximum Gasteiger partial charge on any atom is 0.0468 e. The van der Waals surface area contributed by atoms with Crippen molar-refractivity contribution in [2.75, 3.05) is 4.90 Å². The molecule has 0 saturated heterocycles. The average molecular weight is 588 g/mol. The fourth-order valence-electron chi connectivity index (χ4n) is 7.56. The number of benzene rings is 6. The Kier molecular flexibility index (Phi) is 7.16. The van der Waals surface area contributed by atoms with Crippen molar-refractivity contribution in [1.82, 2.24) is 0 Å². The summed E-state index contributed by atoms with van der Waals surface area (Å²) in [5, 5.41) is 5.17. The van der Waals surface area contributed by atoms with Crippen LogP contribution >= 0.6 is 11.3 Å². The van der Waals surface area contributed by atoms with Crippen LogP contribution in [-0.2, 0) is 5.41 Å². The predicted molar refractivity (Wildman–Crippen MR) is 191 cm³/mol. The SMILES string of the molecule is c1ccc(C2(c3ccc(N(c4ccc5ccccc5c4)c4ccc5sc6ccccc6c5c4)cc3)CCCCCCC2)cc1. The van der Waals surface area contributed by atoms with E-state index in [1.54, 1.807) is 0 Å². The molecule has 0 radical (unpaired) electrons. The molecule has 0 bridgehead atoms. The van der Waals surface area contributed by atoms with Gasteiger partial charge in [0.2, 0.25) is 0 Å². The van der Waals surface area contributed by atoms with Crippen LogP contribution in [0.25, 0.3) is 30.9 Å². The van der Waals surface area contributed by atoms with Crippen LogP contribution < -0.4 is 4.90 Å². The molecule has 0 unspecified atom stereocenters. The fourth-order valence-corrected chi connectivity index (χ4v) is 8.64. The molecule has 44 heavy (non-hydrogen) atoms. The number of nitrogens with zero attached hydrogens (tertiary/aromatic N) is 1. The molecule has 1 aromatic heterocycles. The van der Waals surface area contributed by atoms with Crippen LogP contribution in [0, 0.1) is 0 Å². The minimum atomic E-state index is 0.0719. The van der Waals surface area contributed by atoms with E-state index in [1.807, 2.05) is 11.3 Å². The van der Waals surface area contributed by atoms with Crippen molar-refractivity contribution >= 4 is 59.3 Å². The lowest BCUT2D eigenvalue weighted by Crippen LogP contribution is -2.29. The molecule has 1 saturated carbocycles. The molecule has 0 amide bonds. The van der Waals surface area contributed by atoms with Crippen LogP contribution in [0.5, 0.6) is 0 Å². The van der Waals surface area contributed by atoms with E-state index < -0.39 is 0 Å². The van der Waals surface area contributed by atoms with Crippen LogP contribution in [-0.4, -0.2) is 0 Å². The van der Waals surface area contributed by atoms with Gasteiger partial charge in [-0.15, -0.1) is 11.3 Å². The molecule has 0 atom stereocenters. The highest BCUT2D eigenvalue weighted by Gasteiger charge is 2.34. The summed E-state index contributed by atoms with van der Waals surface area (Å²) in [5.74, 6) is 0. The Bertz CT molecular complexity index is 2050. The van der Waals surface area contributed by atoms with Crippen molar-refractivity contribution in [2.45, 2.75) is 50.4 Å². The van der Waals surface area contributed by atoms with E-state index in [4.69, 9.17) is 0 Å². The Labute approximate surface area is 264 Å². The molecule has 2 heteroatoms. The zero-order valence-corrected chi connectivity index (χ0v) is 25.9. The number of hydrogen-bond acceptors (Lipinski definition) is 2. The summed E-state index contributed by atoms with van der Waals surface area (Å²) in [6.07, 6.45) is 9.04. The zero-order chi connectivity index (χ0) is 29.3. The topological polar surface area (TPSA) is 3.24 Å². The molecular formula is C42H37NS. The lowest BCUT2D eigenvalue weighted by atomic mass is 9.67. The quantitative estimate of drug-likeness (QED) is 0.194. The van der Waals surface area contributed by atoms with Gasteiger partial charge in [-0.2, -0.15) is 0 Å². The summed E-state index contributed by atoms with van der Waals surface area (Å²) in [4.78, 5) is 2.44. The normalized spacial score (nSPS) is 15.3. The van der Waals surface area contributed by atoms with Gasteiger partial charge >= 0.3 is 0 Å². The van der Waals surface area contributed by atoms with E-state index >= 15 is 0 Å². The number of hydrogen-bond donors (Lipinski definition) is 0. The van der Waals surface area contributed by atoms with Gasteiger partial charge < -0.3 is 4.90 Å². The largest absolute Gasteiger partial charge is 0.310 e. The molecule has 1 nitrogen and oxygen atoms in total. The molecule has 1 heterocycles. The van der Waals surface area contributed by atoms with Gasteiger partial charge in [-0.1, -0.05) is 123 Å². The van der Waals surface area contributed by atoms with Crippen molar-refractivity contribution in [2.24, 2.45) is 0 Å². The van der Waals surface area contributed by atoms with Gasteiger partial charge in [-0.25, -0.2) is 0 Å². The van der Waals surface area contributed by atoms with Crippen molar-refractivity contribution < 1.29 is 0 Å². The molecule has 0 spiro atoms. The number of anilines is 3. The Hall–Kier alpha value is -4.40. The standard InChI is InChI=1S/C42H37NS/c1-2-11-27-42(28-12-3-1,33-15-5-4-6-16-33)34-20-23-35(24-21-34)43(36-22-19-31-13-7-8-14-32(31)29-36)37-25-26-41-39(30-37)38-17-9-10-18-40(38)44-41/h4-10,13-26,29-30H,1-3,11-12,27-28H2. The molecule has 6 aromatic carbocycles. The maximum atomic E-state index is 2.44. The summed E-state index contributed by atoms with van der Waals surface area (Å²) in [6, 6.07) is 52.2. The Morgan fingerprint density at radius 2 is 1.02 bits per heavy atom. The van der Waals surface area contributed by atoms with Crippen molar-refractivity contribution in [1.29, 1.82) is 0 Å². The van der Waals surface area contributed by atoms with Crippen LogP contribution in [0.2, 0.25) is 0 Å². The highest BCUT2D eigenvalue weighted by molar-refractivity contribution is 7.25. The first-order valence-corrected chi connectivity index (χ1v) is 17.0. The minimum absolute atomic E-state index is 0.0719. The molecule has 0 N–H and O–H groups in total. The second kappa shape index (κ2) is 11.6. The lowest BCUT2D eigenvalue weighted by Gasteiger charge is -2.37. The van der Waals surface area contributed by atoms with Gasteiger partial charge in [0.15, 0.2) is 0 Å². The zero-order valence-electron chi connectivity index (χ0n) is 25.1. The van der Waals surface area contributed by atoms with Crippen LogP contribution in [0.15, 0.2) is 140 Å². The maximum absolute atomic E-state index is 2.44. The van der Waals surface area contributed by atoms with E-state index in [1.165, 1.54) is 104 Å². The van der Waals surface area contributed by atoms with Gasteiger partial charge in [-0.05, 0) is 83.3 Å². The number of fused-ring (bicyclic) bond motifs is 4. The molecule has 216 valence electrons. The van der Waals surface area contributed by atoms with E-state index in [0.717, 1.165) is 0 Å². The second-order valence-corrected chi connectivity index (χ2v) is 13.5. The van der Waals surface area contributed by atoms with Crippen molar-refractivity contribution in [3.8, 4) is 0 Å². The summed E-state index contributed by atoms with van der Waals surface area (Å²) >= 11 is 1.88. The van der Waals surface area contributed by atoms with Crippen molar-refractivity contribution in [3.05, 3.63) is 151 Å². The molecule has 0 aliphatic heterocycles. The Balaban J connectivity index is 1.27. The molecular weight excluding hydrogens is 551 g/mol. The number of rotatable bonds is 5. The van der Waals surface area contributed by atoms with Crippen LogP contribution in [0.1, 0.15) is 56.1 Å². The van der Waals surface area contributed by atoms with E-state index in [0.29, 0.717) is 0 Å². The summed E-state index contributed by atoms with van der Waals surface area (Å²) < 4.78 is 2.67. The van der Waals surface area contributed by atoms with E-state index in [2.05, 4.69) is 144 Å². The van der Waals surface area contributed by atoms with Gasteiger partial charge in [-0.3, -0.25) is 0 Å². The smallest absolute Gasteiger partial charge is 0.0468 e. The van der Waals surface area contributed by atoms with E-state index in [9.17, 15) is 0 Å². The third kappa shape index (κ3) is 4.88. The number of thiophene rings is 1. The van der Waals surface area contributed by atoms with Gasteiger partial charge in [0.05, 0.1) is 0 Å². The predicted octanol–water partition coefficient (Wildman–Crippen LogP) is 12.7. The summed E-state index contributed by atoms with van der Waals surface area (Å²) in [7, 11) is 0. The first-order valence-electron chi connectivity index (χ1n) is 16.1. The molecule has 1 fully saturated rings. The summed E-state index contributed by atoms with van der Waals surface area (Å²) in [6.45, 7) is 0. The minimum Gasteiger partial charge on any atom is -0.310 e. The highest BCUT2D eigenvalue weighted by atomic mass is 32.1. The molecule has 1 aliphatic carbocycles. The highest BCUT2D eigenvalue weighted by Crippen LogP contribution is 2.45. The van der Waals surface area contributed by atoms with E-state index in [-0.39, 0.29) is 5.41 Å². The molecule has 8 rings (SSSR count).